The van der Waals surface area contributed by atoms with Crippen molar-refractivity contribution in [1.29, 1.82) is 0 Å². The molecule has 0 saturated carbocycles. The molecule has 0 aliphatic carbocycles. The SMILES string of the molecule is Cc1ccc(Cn2c(=O)n(-c3cccc(F)c3)c(=O)c3sccc32)cc1. The molecule has 0 spiro atoms. The van der Waals surface area contributed by atoms with Gasteiger partial charge in [0.15, 0.2) is 0 Å². The first kappa shape index (κ1) is 16.5. The summed E-state index contributed by atoms with van der Waals surface area (Å²) in [6.45, 7) is 2.33. The van der Waals surface area contributed by atoms with E-state index in [1.54, 1.807) is 22.1 Å². The fraction of sp³-hybridized carbons (Fsp3) is 0.100. The second-order valence-electron chi connectivity index (χ2n) is 6.11. The van der Waals surface area contributed by atoms with Gasteiger partial charge in [-0.25, -0.2) is 13.8 Å². The van der Waals surface area contributed by atoms with Crippen molar-refractivity contribution in [2.75, 3.05) is 0 Å². The number of fused-ring (bicyclic) bond motifs is 1. The average Bonchev–Trinajstić information content (AvgIpc) is 3.10. The molecule has 2 heterocycles. The highest BCUT2D eigenvalue weighted by molar-refractivity contribution is 7.17. The Morgan fingerprint density at radius 1 is 1.04 bits per heavy atom. The third-order valence-electron chi connectivity index (χ3n) is 4.28. The summed E-state index contributed by atoms with van der Waals surface area (Å²) in [7, 11) is 0. The van der Waals surface area contributed by atoms with Crippen molar-refractivity contribution in [3.63, 3.8) is 0 Å². The number of thiophene rings is 1. The van der Waals surface area contributed by atoms with E-state index in [0.717, 1.165) is 15.7 Å². The molecule has 0 aliphatic rings. The fourth-order valence-electron chi connectivity index (χ4n) is 2.96. The van der Waals surface area contributed by atoms with Gasteiger partial charge in [-0.1, -0.05) is 35.9 Å². The molecular formula is C20H15FN2O2S. The number of aryl methyl sites for hydroxylation is 1. The maximum atomic E-state index is 13.6. The van der Waals surface area contributed by atoms with Crippen LogP contribution in [0.2, 0.25) is 0 Å². The van der Waals surface area contributed by atoms with Crippen LogP contribution in [0, 0.1) is 12.7 Å². The largest absolute Gasteiger partial charge is 0.336 e. The third-order valence-corrected chi connectivity index (χ3v) is 5.17. The van der Waals surface area contributed by atoms with Gasteiger partial charge in [0.1, 0.15) is 10.5 Å². The molecule has 4 rings (SSSR count). The Hall–Kier alpha value is -2.99. The number of hydrogen-bond acceptors (Lipinski definition) is 3. The van der Waals surface area contributed by atoms with Gasteiger partial charge in [0.05, 0.1) is 17.7 Å². The summed E-state index contributed by atoms with van der Waals surface area (Å²) in [6.07, 6.45) is 0. The minimum absolute atomic E-state index is 0.230. The lowest BCUT2D eigenvalue weighted by molar-refractivity contribution is 0.624. The highest BCUT2D eigenvalue weighted by Crippen LogP contribution is 2.18. The van der Waals surface area contributed by atoms with Crippen molar-refractivity contribution in [1.82, 2.24) is 9.13 Å². The molecule has 26 heavy (non-hydrogen) atoms. The summed E-state index contributed by atoms with van der Waals surface area (Å²) in [4.78, 5) is 25.9. The topological polar surface area (TPSA) is 44.0 Å². The summed E-state index contributed by atoms with van der Waals surface area (Å²) in [5.74, 6) is -0.495. The van der Waals surface area contributed by atoms with Gasteiger partial charge >= 0.3 is 5.69 Å². The van der Waals surface area contributed by atoms with Crippen LogP contribution >= 0.6 is 11.3 Å². The Labute approximate surface area is 152 Å². The summed E-state index contributed by atoms with van der Waals surface area (Å²) < 4.78 is 16.7. The summed E-state index contributed by atoms with van der Waals surface area (Å²) in [5.41, 5.74) is 2.00. The Balaban J connectivity index is 1.98. The van der Waals surface area contributed by atoms with E-state index in [-0.39, 0.29) is 5.69 Å². The molecular weight excluding hydrogens is 351 g/mol. The lowest BCUT2D eigenvalue weighted by Crippen LogP contribution is -2.38. The lowest BCUT2D eigenvalue weighted by Gasteiger charge is -2.12. The Bertz CT molecular complexity index is 1220. The van der Waals surface area contributed by atoms with Crippen LogP contribution in [0.3, 0.4) is 0 Å². The van der Waals surface area contributed by atoms with Crippen LogP contribution in [0.4, 0.5) is 4.39 Å². The van der Waals surface area contributed by atoms with Gasteiger partial charge in [-0.15, -0.1) is 11.3 Å². The maximum absolute atomic E-state index is 13.6. The van der Waals surface area contributed by atoms with E-state index in [1.807, 2.05) is 31.2 Å². The Morgan fingerprint density at radius 2 is 1.81 bits per heavy atom. The molecule has 2 aromatic carbocycles. The molecule has 0 atom stereocenters. The lowest BCUT2D eigenvalue weighted by atomic mass is 10.1. The molecule has 130 valence electrons. The Morgan fingerprint density at radius 3 is 2.54 bits per heavy atom. The molecule has 0 amide bonds. The monoisotopic (exact) mass is 366 g/mol. The van der Waals surface area contributed by atoms with E-state index in [1.165, 1.54) is 29.5 Å². The number of nitrogens with zero attached hydrogens (tertiary/aromatic N) is 2. The molecule has 0 aliphatic heterocycles. The van der Waals surface area contributed by atoms with Crippen molar-refractivity contribution < 1.29 is 4.39 Å². The first-order valence-corrected chi connectivity index (χ1v) is 8.97. The fourth-order valence-corrected chi connectivity index (χ4v) is 3.78. The van der Waals surface area contributed by atoms with Gasteiger partial charge in [0.2, 0.25) is 0 Å². The quantitative estimate of drug-likeness (QED) is 0.555. The standard InChI is InChI=1S/C20H15FN2O2S/c1-13-5-7-14(8-6-13)12-22-17-9-10-26-18(17)19(24)23(20(22)25)16-4-2-3-15(21)11-16/h2-11H,12H2,1H3. The van der Waals surface area contributed by atoms with Crippen molar-refractivity contribution in [3.05, 3.63) is 97.8 Å². The van der Waals surface area contributed by atoms with E-state index in [2.05, 4.69) is 0 Å². The molecule has 0 unspecified atom stereocenters. The van der Waals surface area contributed by atoms with Crippen molar-refractivity contribution in [3.8, 4) is 5.69 Å². The molecule has 4 nitrogen and oxygen atoms in total. The molecule has 0 bridgehead atoms. The molecule has 4 aromatic rings. The number of rotatable bonds is 3. The Kier molecular flexibility index (Phi) is 4.05. The van der Waals surface area contributed by atoms with Gasteiger partial charge in [0.25, 0.3) is 5.56 Å². The van der Waals surface area contributed by atoms with Crippen LogP contribution in [0.15, 0.2) is 69.6 Å². The van der Waals surface area contributed by atoms with Crippen LogP contribution in [-0.4, -0.2) is 9.13 Å². The van der Waals surface area contributed by atoms with Crippen molar-refractivity contribution in [2.24, 2.45) is 0 Å². The van der Waals surface area contributed by atoms with Crippen LogP contribution < -0.4 is 11.2 Å². The van der Waals surface area contributed by atoms with E-state index in [0.29, 0.717) is 16.8 Å². The van der Waals surface area contributed by atoms with E-state index in [9.17, 15) is 14.0 Å². The van der Waals surface area contributed by atoms with E-state index in [4.69, 9.17) is 0 Å². The van der Waals surface area contributed by atoms with Crippen molar-refractivity contribution in [2.45, 2.75) is 13.5 Å². The van der Waals surface area contributed by atoms with Gasteiger partial charge < -0.3 is 0 Å². The van der Waals surface area contributed by atoms with Crippen molar-refractivity contribution >= 4 is 21.6 Å². The summed E-state index contributed by atoms with van der Waals surface area (Å²) in [6, 6.07) is 15.2. The molecule has 6 heteroatoms. The zero-order valence-corrected chi connectivity index (χ0v) is 14.8. The number of hydrogen-bond donors (Lipinski definition) is 0. The summed E-state index contributed by atoms with van der Waals surface area (Å²) >= 11 is 1.28. The van der Waals surface area contributed by atoms with Gasteiger partial charge in [0, 0.05) is 0 Å². The second-order valence-corrected chi connectivity index (χ2v) is 7.03. The van der Waals surface area contributed by atoms with Crippen LogP contribution in [0.1, 0.15) is 11.1 Å². The predicted octanol–water partition coefficient (Wildman–Crippen LogP) is 3.71. The number of aromatic nitrogens is 2. The first-order chi connectivity index (χ1) is 12.5. The zero-order valence-electron chi connectivity index (χ0n) is 14.0. The molecule has 0 saturated heterocycles. The summed E-state index contributed by atoms with van der Waals surface area (Å²) in [5, 5.41) is 1.78. The van der Waals surface area contributed by atoms with Crippen LogP contribution in [0.25, 0.3) is 15.9 Å². The smallest absolute Gasteiger partial charge is 0.288 e. The minimum Gasteiger partial charge on any atom is -0.288 e. The maximum Gasteiger partial charge on any atom is 0.336 e. The van der Waals surface area contributed by atoms with Crippen LogP contribution in [0.5, 0.6) is 0 Å². The van der Waals surface area contributed by atoms with E-state index < -0.39 is 17.1 Å². The second kappa shape index (κ2) is 6.38. The third kappa shape index (κ3) is 2.78. The number of halogens is 1. The molecule has 0 radical (unpaired) electrons. The molecule has 2 aromatic heterocycles. The highest BCUT2D eigenvalue weighted by atomic mass is 32.1. The predicted molar refractivity (Wildman–Crippen MR) is 102 cm³/mol. The van der Waals surface area contributed by atoms with Gasteiger partial charge in [-0.2, -0.15) is 0 Å². The minimum atomic E-state index is -0.495. The van der Waals surface area contributed by atoms with E-state index >= 15 is 0 Å². The molecule has 0 N–H and O–H groups in total. The molecule has 0 fully saturated rings. The normalized spacial score (nSPS) is 11.2. The number of benzene rings is 2. The van der Waals surface area contributed by atoms with Gasteiger partial charge in [-0.05, 0) is 42.1 Å². The van der Waals surface area contributed by atoms with Gasteiger partial charge in [-0.3, -0.25) is 9.36 Å². The highest BCUT2D eigenvalue weighted by Gasteiger charge is 2.16. The first-order valence-electron chi connectivity index (χ1n) is 8.09. The average molecular weight is 366 g/mol. The van der Waals surface area contributed by atoms with Crippen LogP contribution in [-0.2, 0) is 6.54 Å². The zero-order chi connectivity index (χ0) is 18.3.